The third-order valence-corrected chi connectivity index (χ3v) is 17.5. The molecular weight excluding hydrogens is 569 g/mol. The second-order valence-electron chi connectivity index (χ2n) is 17.1. The first-order chi connectivity index (χ1) is 22.9. The lowest BCUT2D eigenvalue weighted by molar-refractivity contribution is 0.480. The van der Waals surface area contributed by atoms with Gasteiger partial charge in [0.15, 0.2) is 0 Å². The second-order valence-corrected chi connectivity index (χ2v) is 20.5. The topological polar surface area (TPSA) is 0 Å². The van der Waals surface area contributed by atoms with Gasteiger partial charge in [-0.25, -0.2) is 0 Å². The molecule has 3 rings (SSSR count). The van der Waals surface area contributed by atoms with Crippen LogP contribution in [0.4, 0.5) is 0 Å². The molecule has 0 amide bonds. The molecule has 3 aliphatic carbocycles. The van der Waals surface area contributed by atoms with Gasteiger partial charge in [-0.1, -0.05) is 270 Å². The van der Waals surface area contributed by atoms with E-state index in [4.69, 9.17) is 0 Å². The van der Waals surface area contributed by atoms with Gasteiger partial charge in [-0.05, 0) is 16.6 Å². The van der Waals surface area contributed by atoms with Gasteiger partial charge in [0.05, 0.1) is 8.80 Å². The molecule has 0 atom stereocenters. The number of hydrogen-bond acceptors (Lipinski definition) is 0. The molecule has 0 saturated heterocycles. The first kappa shape index (κ1) is 40.6. The van der Waals surface area contributed by atoms with Gasteiger partial charge < -0.3 is 0 Å². The monoisotopic (exact) mass is 656 g/mol. The van der Waals surface area contributed by atoms with Gasteiger partial charge in [-0.2, -0.15) is 0 Å². The minimum Gasteiger partial charge on any atom is -0.0533 e. The number of rotatable bonds is 3. The Morgan fingerprint density at radius 1 is 0.152 bits per heavy atom. The summed E-state index contributed by atoms with van der Waals surface area (Å²) in [5.41, 5.74) is 3.40. The van der Waals surface area contributed by atoms with Crippen molar-refractivity contribution < 1.29 is 0 Å². The van der Waals surface area contributed by atoms with Crippen molar-refractivity contribution in [1.29, 1.82) is 0 Å². The highest BCUT2D eigenvalue weighted by atomic mass is 28.3. The predicted molar refractivity (Wildman–Crippen MR) is 211 cm³/mol. The van der Waals surface area contributed by atoms with Crippen LogP contribution < -0.4 is 0 Å². The van der Waals surface area contributed by atoms with Crippen LogP contribution in [0, 0.1) is 0 Å². The van der Waals surface area contributed by atoms with E-state index in [1.54, 1.807) is 116 Å². The zero-order chi connectivity index (χ0) is 32.0. The Morgan fingerprint density at radius 3 is 0.391 bits per heavy atom. The quantitative estimate of drug-likeness (QED) is 0.265. The summed E-state index contributed by atoms with van der Waals surface area (Å²) in [6.07, 6.45) is 64.9. The summed E-state index contributed by atoms with van der Waals surface area (Å²) in [6.45, 7) is 0. The molecule has 0 aromatic carbocycles. The Kier molecular flexibility index (Phi) is 26.6. The van der Waals surface area contributed by atoms with Crippen LogP contribution in [0.3, 0.4) is 0 Å². The Balaban J connectivity index is 1.79. The Morgan fingerprint density at radius 2 is 0.261 bits per heavy atom. The van der Waals surface area contributed by atoms with Crippen LogP contribution in [-0.4, -0.2) is 8.80 Å². The van der Waals surface area contributed by atoms with Gasteiger partial charge in [0.2, 0.25) is 0 Å². The van der Waals surface area contributed by atoms with E-state index < -0.39 is 0 Å². The smallest absolute Gasteiger partial charge is 0.0533 e. The molecule has 3 saturated carbocycles. The molecule has 271 valence electrons. The molecule has 0 aromatic rings. The van der Waals surface area contributed by atoms with Crippen molar-refractivity contribution in [3.63, 3.8) is 0 Å². The van der Waals surface area contributed by atoms with Crippen molar-refractivity contribution in [3.8, 4) is 0 Å². The highest BCUT2D eigenvalue weighted by Crippen LogP contribution is 2.46. The first-order valence-electron chi connectivity index (χ1n) is 22.8. The van der Waals surface area contributed by atoms with Gasteiger partial charge in [0.1, 0.15) is 0 Å². The van der Waals surface area contributed by atoms with Gasteiger partial charge in [0, 0.05) is 0 Å². The van der Waals surface area contributed by atoms with E-state index in [0.717, 1.165) is 16.6 Å². The van der Waals surface area contributed by atoms with Crippen molar-refractivity contribution in [2.75, 3.05) is 0 Å². The van der Waals surface area contributed by atoms with E-state index in [2.05, 4.69) is 0 Å². The fourth-order valence-corrected chi connectivity index (χ4v) is 15.3. The summed E-state index contributed by atoms with van der Waals surface area (Å²) in [7, 11) is -0.378. The van der Waals surface area contributed by atoms with Crippen LogP contribution in [0.2, 0.25) is 16.6 Å². The number of hydrogen-bond donors (Lipinski definition) is 0. The van der Waals surface area contributed by atoms with Crippen LogP contribution in [-0.2, 0) is 0 Å². The lowest BCUT2D eigenvalue weighted by Gasteiger charge is -2.39. The highest BCUT2D eigenvalue weighted by molar-refractivity contribution is 6.63. The SMILES string of the molecule is C1CCCCCCCC([Si](C2CCCCCCCCCCCCCC2)C2CCCCCCCCCCCCCC2)CCCCCC1. The average molecular weight is 656 g/mol. The average Bonchev–Trinajstić information content (AvgIpc) is 3.09. The third-order valence-electron chi connectivity index (χ3n) is 13.0. The maximum absolute atomic E-state index is 1.63. The Labute approximate surface area is 294 Å². The van der Waals surface area contributed by atoms with Crippen molar-refractivity contribution in [1.82, 2.24) is 0 Å². The molecule has 46 heavy (non-hydrogen) atoms. The van der Waals surface area contributed by atoms with Crippen molar-refractivity contribution in [2.45, 2.75) is 286 Å². The lowest BCUT2D eigenvalue weighted by Crippen LogP contribution is -2.33. The predicted octanol–water partition coefficient (Wildman–Crippen LogP) is 17.0. The lowest BCUT2D eigenvalue weighted by atomic mass is 10.0. The van der Waals surface area contributed by atoms with Crippen LogP contribution >= 0.6 is 0 Å². The van der Waals surface area contributed by atoms with Crippen molar-refractivity contribution in [3.05, 3.63) is 0 Å². The summed E-state index contributed by atoms with van der Waals surface area (Å²) in [6, 6.07) is 0. The maximum Gasteiger partial charge on any atom is 0.0578 e. The summed E-state index contributed by atoms with van der Waals surface area (Å²) in [5.74, 6) is 0. The van der Waals surface area contributed by atoms with Crippen LogP contribution in [0.25, 0.3) is 0 Å². The fraction of sp³-hybridized carbons (Fsp3) is 1.00. The molecule has 0 aromatic heterocycles. The van der Waals surface area contributed by atoms with Gasteiger partial charge >= 0.3 is 0 Å². The molecule has 0 aliphatic heterocycles. The molecule has 1 radical (unpaired) electrons. The minimum absolute atomic E-state index is 0.378. The largest absolute Gasteiger partial charge is 0.0578 e. The molecule has 0 nitrogen and oxygen atoms in total. The zero-order valence-corrected chi connectivity index (χ0v) is 32.9. The molecule has 0 N–H and O–H groups in total. The fourth-order valence-electron chi connectivity index (χ4n) is 10.1. The van der Waals surface area contributed by atoms with E-state index in [1.807, 2.05) is 0 Å². The molecule has 3 fully saturated rings. The molecular formula is C45H87Si. The standard InChI is InChI=1S/C45H87Si/c1-2-8-14-20-26-32-38-43(37-31-25-19-13-7-1)46(44-39-33-27-21-15-9-3-4-10-16-22-28-34-40-44)45-41-35-29-23-17-11-5-6-12-18-24-30-36-42-45/h43-45H,1-42H2. The summed E-state index contributed by atoms with van der Waals surface area (Å²) >= 11 is 0. The van der Waals surface area contributed by atoms with Crippen LogP contribution in [0.15, 0.2) is 0 Å². The summed E-state index contributed by atoms with van der Waals surface area (Å²) in [4.78, 5) is 0. The Hall–Kier alpha value is 0.217. The van der Waals surface area contributed by atoms with Crippen molar-refractivity contribution >= 4 is 8.80 Å². The van der Waals surface area contributed by atoms with E-state index in [0.29, 0.717) is 0 Å². The van der Waals surface area contributed by atoms with Gasteiger partial charge in [-0.3, -0.25) is 0 Å². The molecule has 0 spiro atoms. The second kappa shape index (κ2) is 30.1. The van der Waals surface area contributed by atoms with E-state index in [-0.39, 0.29) is 8.80 Å². The third kappa shape index (κ3) is 20.7. The first-order valence-corrected chi connectivity index (χ1v) is 24.5. The summed E-state index contributed by atoms with van der Waals surface area (Å²) in [5, 5.41) is 0. The normalized spacial score (nSPS) is 26.0. The van der Waals surface area contributed by atoms with E-state index in [1.165, 1.54) is 154 Å². The van der Waals surface area contributed by atoms with E-state index >= 15 is 0 Å². The van der Waals surface area contributed by atoms with Crippen LogP contribution in [0.5, 0.6) is 0 Å². The molecule has 3 aliphatic rings. The van der Waals surface area contributed by atoms with Gasteiger partial charge in [-0.15, -0.1) is 0 Å². The van der Waals surface area contributed by atoms with Crippen molar-refractivity contribution in [2.24, 2.45) is 0 Å². The zero-order valence-electron chi connectivity index (χ0n) is 31.9. The molecule has 0 bridgehead atoms. The van der Waals surface area contributed by atoms with Gasteiger partial charge in [0.25, 0.3) is 0 Å². The van der Waals surface area contributed by atoms with E-state index in [9.17, 15) is 0 Å². The minimum atomic E-state index is -0.378. The maximum atomic E-state index is 1.63. The van der Waals surface area contributed by atoms with Crippen LogP contribution in [0.1, 0.15) is 270 Å². The highest BCUT2D eigenvalue weighted by Gasteiger charge is 2.36. The Bertz CT molecular complexity index is 495. The molecule has 1 heteroatoms. The summed E-state index contributed by atoms with van der Waals surface area (Å²) < 4.78 is 0. The molecule has 0 unspecified atom stereocenters. The molecule has 0 heterocycles.